The number of carbonyl (C=O) groups is 3. The molecule has 0 spiro atoms. The molecule has 0 heterocycles. The molecule has 0 aromatic heterocycles. The van der Waals surface area contributed by atoms with Crippen molar-refractivity contribution in [3.05, 3.63) is 0 Å². The third-order valence-corrected chi connectivity index (χ3v) is 4.63. The highest BCUT2D eigenvalue weighted by Crippen LogP contribution is 2.49. The highest BCUT2D eigenvalue weighted by Gasteiger charge is 2.63. The minimum Gasteiger partial charge on any atom is -0.352 e. The fourth-order valence-electron chi connectivity index (χ4n) is 2.93. The van der Waals surface area contributed by atoms with E-state index < -0.39 is 17.6 Å². The van der Waals surface area contributed by atoms with Crippen LogP contribution in [0.5, 0.6) is 0 Å². The molecule has 0 saturated heterocycles. The van der Waals surface area contributed by atoms with Crippen LogP contribution in [0.25, 0.3) is 0 Å². The van der Waals surface area contributed by atoms with Crippen molar-refractivity contribution in [1.29, 1.82) is 0 Å². The number of primary amides is 1. The van der Waals surface area contributed by atoms with Crippen molar-refractivity contribution >= 4 is 17.7 Å². The van der Waals surface area contributed by atoms with Gasteiger partial charge in [-0.2, -0.15) is 0 Å². The molecule has 7 nitrogen and oxygen atoms in total. The van der Waals surface area contributed by atoms with Crippen LogP contribution in [0.1, 0.15) is 33.6 Å². The number of nitrogens with one attached hydrogen (secondary N) is 3. The Kier molecular flexibility index (Phi) is 5.71. The van der Waals surface area contributed by atoms with Crippen LogP contribution in [-0.4, -0.2) is 42.9 Å². The molecule has 120 valence electrons. The number of rotatable bonds is 8. The van der Waals surface area contributed by atoms with E-state index in [4.69, 9.17) is 5.73 Å². The number of carbonyl (C=O) groups excluding carboxylic acids is 3. The molecule has 1 rings (SSSR count). The molecule has 3 amide bonds. The predicted octanol–water partition coefficient (Wildman–Crippen LogP) is -0.247. The average molecular weight is 298 g/mol. The van der Waals surface area contributed by atoms with Crippen molar-refractivity contribution in [2.45, 2.75) is 45.2 Å². The van der Waals surface area contributed by atoms with E-state index in [0.29, 0.717) is 19.4 Å². The van der Waals surface area contributed by atoms with Crippen LogP contribution in [0.15, 0.2) is 0 Å². The van der Waals surface area contributed by atoms with Gasteiger partial charge in [0.1, 0.15) is 5.54 Å². The molecule has 0 aliphatic heterocycles. The lowest BCUT2D eigenvalue weighted by Gasteiger charge is -2.22. The molecular formula is C14H26N4O3. The van der Waals surface area contributed by atoms with E-state index in [2.05, 4.69) is 16.0 Å². The quantitative estimate of drug-likeness (QED) is 0.463. The van der Waals surface area contributed by atoms with E-state index in [1.54, 1.807) is 7.05 Å². The first-order valence-electron chi connectivity index (χ1n) is 7.31. The summed E-state index contributed by atoms with van der Waals surface area (Å²) in [7, 11) is 1.76. The maximum atomic E-state index is 12.4. The summed E-state index contributed by atoms with van der Waals surface area (Å²) in [6.07, 6.45) is 1.05. The van der Waals surface area contributed by atoms with Gasteiger partial charge in [-0.1, -0.05) is 13.8 Å². The van der Waals surface area contributed by atoms with Crippen LogP contribution in [-0.2, 0) is 9.59 Å². The Morgan fingerprint density at radius 3 is 2.19 bits per heavy atom. The first-order valence-corrected chi connectivity index (χ1v) is 7.31. The molecular weight excluding hydrogens is 272 g/mol. The minimum absolute atomic E-state index is 0.0883. The zero-order chi connectivity index (χ0) is 16.2. The summed E-state index contributed by atoms with van der Waals surface area (Å²) < 4.78 is 0. The molecule has 0 bridgehead atoms. The summed E-state index contributed by atoms with van der Waals surface area (Å²) in [5, 5.41) is 8.37. The third-order valence-electron chi connectivity index (χ3n) is 4.63. The lowest BCUT2D eigenvalue weighted by atomic mass is 10.1. The van der Waals surface area contributed by atoms with E-state index in [9.17, 15) is 14.4 Å². The molecule has 0 radical (unpaired) electrons. The Hall–Kier alpha value is -1.63. The number of hydrogen-bond donors (Lipinski definition) is 4. The van der Waals surface area contributed by atoms with Crippen LogP contribution in [0, 0.1) is 11.8 Å². The molecule has 21 heavy (non-hydrogen) atoms. The SMILES string of the molecule is CNC1(C(=O)N[C@@H](CCCNC(N)=O)C(C)=O)C(C)C1C. The summed E-state index contributed by atoms with van der Waals surface area (Å²) >= 11 is 0. The van der Waals surface area contributed by atoms with E-state index in [1.165, 1.54) is 6.92 Å². The van der Waals surface area contributed by atoms with Crippen molar-refractivity contribution in [3.63, 3.8) is 0 Å². The topological polar surface area (TPSA) is 113 Å². The lowest BCUT2D eigenvalue weighted by Crippen LogP contribution is -2.52. The minimum atomic E-state index is -0.590. The van der Waals surface area contributed by atoms with Crippen molar-refractivity contribution in [3.8, 4) is 0 Å². The Morgan fingerprint density at radius 1 is 1.24 bits per heavy atom. The molecule has 1 saturated carbocycles. The van der Waals surface area contributed by atoms with Gasteiger partial charge in [0.25, 0.3) is 0 Å². The predicted molar refractivity (Wildman–Crippen MR) is 79.6 cm³/mol. The number of hydrogen-bond acceptors (Lipinski definition) is 4. The van der Waals surface area contributed by atoms with Crippen molar-refractivity contribution in [2.24, 2.45) is 17.6 Å². The molecule has 2 unspecified atom stereocenters. The summed E-state index contributed by atoms with van der Waals surface area (Å²) in [6, 6.07) is -1.12. The number of urea groups is 1. The van der Waals surface area contributed by atoms with Gasteiger partial charge in [-0.15, -0.1) is 0 Å². The van der Waals surface area contributed by atoms with Gasteiger partial charge in [-0.25, -0.2) is 4.79 Å². The standard InChI is InChI=1S/C14H26N4O3/c1-8-9(2)14(8,16-4)12(20)18-11(10(3)19)6-5-7-17-13(15)21/h8-9,11,16H,5-7H2,1-4H3,(H,18,20)(H3,15,17,21)/t8?,9?,11-,14?/m0/s1. The van der Waals surface area contributed by atoms with E-state index in [-0.39, 0.29) is 23.5 Å². The summed E-state index contributed by atoms with van der Waals surface area (Å²) in [6.45, 7) is 5.87. The molecule has 5 N–H and O–H groups in total. The first kappa shape index (κ1) is 17.4. The van der Waals surface area contributed by atoms with Crippen molar-refractivity contribution in [1.82, 2.24) is 16.0 Å². The fraction of sp³-hybridized carbons (Fsp3) is 0.786. The van der Waals surface area contributed by atoms with E-state index >= 15 is 0 Å². The third kappa shape index (κ3) is 3.72. The second-order valence-corrected chi connectivity index (χ2v) is 5.77. The Morgan fingerprint density at radius 2 is 1.81 bits per heavy atom. The number of ketones is 1. The van der Waals surface area contributed by atoms with Crippen LogP contribution < -0.4 is 21.7 Å². The molecule has 7 heteroatoms. The van der Waals surface area contributed by atoms with Gasteiger partial charge in [0.2, 0.25) is 5.91 Å². The van der Waals surface area contributed by atoms with Crippen molar-refractivity contribution < 1.29 is 14.4 Å². The maximum absolute atomic E-state index is 12.4. The van der Waals surface area contributed by atoms with Gasteiger partial charge in [-0.3, -0.25) is 9.59 Å². The van der Waals surface area contributed by atoms with Gasteiger partial charge in [0.15, 0.2) is 5.78 Å². The van der Waals surface area contributed by atoms with Gasteiger partial charge in [0.05, 0.1) is 6.04 Å². The normalized spacial score (nSPS) is 28.6. The number of nitrogens with two attached hydrogens (primary N) is 1. The lowest BCUT2D eigenvalue weighted by molar-refractivity contribution is -0.129. The highest BCUT2D eigenvalue weighted by atomic mass is 16.2. The smallest absolute Gasteiger partial charge is 0.312 e. The highest BCUT2D eigenvalue weighted by molar-refractivity contribution is 5.94. The van der Waals surface area contributed by atoms with E-state index in [1.807, 2.05) is 13.8 Å². The number of amides is 3. The molecule has 1 aliphatic carbocycles. The van der Waals surface area contributed by atoms with E-state index in [0.717, 1.165) is 0 Å². The zero-order valence-electron chi connectivity index (χ0n) is 13.2. The van der Waals surface area contributed by atoms with Crippen LogP contribution >= 0.6 is 0 Å². The van der Waals surface area contributed by atoms with Gasteiger partial charge in [0, 0.05) is 6.54 Å². The maximum Gasteiger partial charge on any atom is 0.312 e. The average Bonchev–Trinajstić information content (AvgIpc) is 2.95. The molecule has 3 atom stereocenters. The monoisotopic (exact) mass is 298 g/mol. The van der Waals surface area contributed by atoms with Gasteiger partial charge < -0.3 is 21.7 Å². The van der Waals surface area contributed by atoms with Crippen LogP contribution in [0.2, 0.25) is 0 Å². The summed E-state index contributed by atoms with van der Waals surface area (Å²) in [5.41, 5.74) is 4.40. The molecule has 0 aromatic carbocycles. The summed E-state index contributed by atoms with van der Waals surface area (Å²) in [4.78, 5) is 34.7. The molecule has 0 aromatic rings. The Labute approximate surface area is 125 Å². The van der Waals surface area contributed by atoms with Gasteiger partial charge >= 0.3 is 6.03 Å². The Bertz CT molecular complexity index is 416. The first-order chi connectivity index (χ1) is 9.77. The second-order valence-electron chi connectivity index (χ2n) is 5.77. The zero-order valence-corrected chi connectivity index (χ0v) is 13.2. The number of likely N-dealkylation sites (N-methyl/N-ethyl adjacent to an activating group) is 1. The number of Topliss-reactive ketones (excluding diaryl/α,β-unsaturated/α-hetero) is 1. The fourth-order valence-corrected chi connectivity index (χ4v) is 2.93. The largest absolute Gasteiger partial charge is 0.352 e. The second kappa shape index (κ2) is 6.89. The molecule has 1 aliphatic rings. The van der Waals surface area contributed by atoms with Crippen LogP contribution in [0.3, 0.4) is 0 Å². The van der Waals surface area contributed by atoms with Crippen LogP contribution in [0.4, 0.5) is 4.79 Å². The van der Waals surface area contributed by atoms with Gasteiger partial charge in [-0.05, 0) is 38.6 Å². The molecule has 1 fully saturated rings. The Balaban J connectivity index is 2.53. The van der Waals surface area contributed by atoms with Crippen molar-refractivity contribution in [2.75, 3.05) is 13.6 Å². The summed E-state index contributed by atoms with van der Waals surface area (Å²) in [5.74, 6) is 0.265.